The van der Waals surface area contributed by atoms with Gasteiger partial charge < -0.3 is 10.4 Å². The molecule has 0 aliphatic heterocycles. The van der Waals surface area contributed by atoms with Crippen LogP contribution in [-0.2, 0) is 4.79 Å². The molecule has 60 valence electrons. The average Bonchev–Trinajstić information content (AvgIpc) is 1.97. The van der Waals surface area contributed by atoms with Gasteiger partial charge in [-0.2, -0.15) is 0 Å². The number of hydrogen-bond donors (Lipinski definition) is 2. The number of aliphatic hydroxyl groups is 1. The van der Waals surface area contributed by atoms with Crippen molar-refractivity contribution in [3.8, 4) is 0 Å². The molecule has 2 unspecified atom stereocenters. The lowest BCUT2D eigenvalue weighted by Gasteiger charge is -2.22. The van der Waals surface area contributed by atoms with Gasteiger partial charge in [0.25, 0.3) is 0 Å². The summed E-state index contributed by atoms with van der Waals surface area (Å²) in [6, 6.07) is -0.252. The van der Waals surface area contributed by atoms with E-state index in [0.29, 0.717) is 6.41 Å². The third kappa shape index (κ3) is 1.61. The van der Waals surface area contributed by atoms with Crippen molar-refractivity contribution in [2.24, 2.45) is 5.92 Å². The number of carbonyl (C=O) groups excluding carboxylic acids is 1. The zero-order valence-corrected chi connectivity index (χ0v) is 6.32. The summed E-state index contributed by atoms with van der Waals surface area (Å²) in [5.41, 5.74) is 0. The molecular weight excluding hydrogens is 142 g/mol. The van der Waals surface area contributed by atoms with Crippen LogP contribution in [0.25, 0.3) is 0 Å². The van der Waals surface area contributed by atoms with Gasteiger partial charge in [-0.3, -0.25) is 4.79 Å². The van der Waals surface area contributed by atoms with Gasteiger partial charge in [0.2, 0.25) is 6.41 Å². The Kier molecular flexibility index (Phi) is 2.31. The first-order valence-corrected chi connectivity index (χ1v) is 3.52. The number of nitrogens with one attached hydrogen (secondary N) is 1. The van der Waals surface area contributed by atoms with Crippen LogP contribution >= 0.6 is 0 Å². The highest BCUT2D eigenvalue weighted by molar-refractivity contribution is 5.48. The van der Waals surface area contributed by atoms with Gasteiger partial charge in [0.1, 0.15) is 5.76 Å². The second-order valence-corrected chi connectivity index (χ2v) is 2.60. The van der Waals surface area contributed by atoms with Gasteiger partial charge in [-0.25, -0.2) is 0 Å². The highest BCUT2D eigenvalue weighted by Crippen LogP contribution is 2.15. The van der Waals surface area contributed by atoms with E-state index in [-0.39, 0.29) is 17.7 Å². The molecule has 0 heterocycles. The molecule has 0 saturated heterocycles. The molecule has 0 aromatic rings. The molecular formula is C8H11NO2. The van der Waals surface area contributed by atoms with E-state index in [4.69, 9.17) is 0 Å². The average molecular weight is 153 g/mol. The van der Waals surface area contributed by atoms with Crippen LogP contribution in [0.15, 0.2) is 24.0 Å². The van der Waals surface area contributed by atoms with Crippen LogP contribution in [0.2, 0.25) is 0 Å². The van der Waals surface area contributed by atoms with Crippen molar-refractivity contribution >= 4 is 6.41 Å². The van der Waals surface area contributed by atoms with Crippen LogP contribution in [0.4, 0.5) is 0 Å². The lowest BCUT2D eigenvalue weighted by atomic mass is 9.96. The van der Waals surface area contributed by atoms with E-state index < -0.39 is 0 Å². The van der Waals surface area contributed by atoms with Crippen molar-refractivity contribution < 1.29 is 9.90 Å². The van der Waals surface area contributed by atoms with E-state index in [2.05, 4.69) is 5.32 Å². The second kappa shape index (κ2) is 3.23. The maximum Gasteiger partial charge on any atom is 0.207 e. The zero-order chi connectivity index (χ0) is 8.27. The van der Waals surface area contributed by atoms with E-state index in [9.17, 15) is 9.90 Å². The first-order chi connectivity index (χ1) is 5.25. The minimum absolute atomic E-state index is 0.158. The summed E-state index contributed by atoms with van der Waals surface area (Å²) in [5, 5.41) is 11.8. The van der Waals surface area contributed by atoms with E-state index >= 15 is 0 Å². The van der Waals surface area contributed by atoms with Crippen molar-refractivity contribution in [3.63, 3.8) is 0 Å². The molecule has 3 heteroatoms. The van der Waals surface area contributed by atoms with Gasteiger partial charge in [-0.15, -0.1) is 0 Å². The molecule has 0 radical (unpaired) electrons. The Balaban J connectivity index is 2.69. The Morgan fingerprint density at radius 2 is 2.45 bits per heavy atom. The van der Waals surface area contributed by atoms with Crippen molar-refractivity contribution in [2.45, 2.75) is 13.0 Å². The smallest absolute Gasteiger partial charge is 0.207 e. The molecule has 0 fully saturated rings. The van der Waals surface area contributed by atoms with Gasteiger partial charge >= 0.3 is 0 Å². The Labute approximate surface area is 65.4 Å². The van der Waals surface area contributed by atoms with E-state index in [1.165, 1.54) is 0 Å². The lowest BCUT2D eigenvalue weighted by molar-refractivity contribution is -0.110. The maximum atomic E-state index is 10.1. The SMILES string of the molecule is CC1C=CC=C(O)C1NC=O. The summed E-state index contributed by atoms with van der Waals surface area (Å²) in [5.74, 6) is 0.372. The summed E-state index contributed by atoms with van der Waals surface area (Å²) in [7, 11) is 0. The second-order valence-electron chi connectivity index (χ2n) is 2.60. The molecule has 0 bridgehead atoms. The third-order valence-electron chi connectivity index (χ3n) is 1.77. The quantitative estimate of drug-likeness (QED) is 0.575. The number of rotatable bonds is 2. The number of allylic oxidation sites excluding steroid dienone is 2. The minimum atomic E-state index is -0.252. The van der Waals surface area contributed by atoms with Gasteiger partial charge in [0, 0.05) is 5.92 Å². The van der Waals surface area contributed by atoms with Crippen molar-refractivity contribution in [1.29, 1.82) is 0 Å². The summed E-state index contributed by atoms with van der Waals surface area (Å²) in [6.07, 6.45) is 5.90. The number of hydrogen-bond acceptors (Lipinski definition) is 2. The Morgan fingerprint density at radius 1 is 1.73 bits per heavy atom. The summed E-state index contributed by atoms with van der Waals surface area (Å²) < 4.78 is 0. The fourth-order valence-electron chi connectivity index (χ4n) is 1.12. The predicted molar refractivity (Wildman–Crippen MR) is 42.0 cm³/mol. The van der Waals surface area contributed by atoms with E-state index in [1.54, 1.807) is 12.2 Å². The largest absolute Gasteiger partial charge is 0.510 e. The number of amides is 1. The van der Waals surface area contributed by atoms with Gasteiger partial charge in [-0.1, -0.05) is 19.1 Å². The highest BCUT2D eigenvalue weighted by atomic mass is 16.3. The van der Waals surface area contributed by atoms with E-state index in [0.717, 1.165) is 0 Å². The molecule has 2 atom stereocenters. The first-order valence-electron chi connectivity index (χ1n) is 3.52. The monoisotopic (exact) mass is 153 g/mol. The van der Waals surface area contributed by atoms with Crippen molar-refractivity contribution in [2.75, 3.05) is 0 Å². The summed E-state index contributed by atoms with van der Waals surface area (Å²) in [6.45, 7) is 1.93. The molecule has 0 saturated carbocycles. The van der Waals surface area contributed by atoms with Crippen LogP contribution < -0.4 is 5.32 Å². The van der Waals surface area contributed by atoms with Crippen LogP contribution in [0, 0.1) is 5.92 Å². The highest BCUT2D eigenvalue weighted by Gasteiger charge is 2.19. The van der Waals surface area contributed by atoms with Gasteiger partial charge in [0.15, 0.2) is 0 Å². The summed E-state index contributed by atoms with van der Waals surface area (Å²) >= 11 is 0. The molecule has 0 aromatic carbocycles. The topological polar surface area (TPSA) is 49.3 Å². The third-order valence-corrected chi connectivity index (χ3v) is 1.77. The first kappa shape index (κ1) is 7.85. The Hall–Kier alpha value is -1.25. The summed E-state index contributed by atoms with van der Waals surface area (Å²) in [4.78, 5) is 10.1. The number of aliphatic hydroxyl groups excluding tert-OH is 1. The number of carbonyl (C=O) groups is 1. The molecule has 1 rings (SSSR count). The standard InChI is InChI=1S/C8H11NO2/c1-6-3-2-4-7(11)8(6)9-5-10/h2-6,8,11H,1H3,(H,9,10). The molecule has 0 spiro atoms. The zero-order valence-electron chi connectivity index (χ0n) is 6.32. The fourth-order valence-corrected chi connectivity index (χ4v) is 1.12. The van der Waals surface area contributed by atoms with Gasteiger partial charge in [-0.05, 0) is 6.08 Å². The maximum absolute atomic E-state index is 10.1. The fraction of sp³-hybridized carbons (Fsp3) is 0.375. The molecule has 1 amide bonds. The van der Waals surface area contributed by atoms with Crippen LogP contribution in [0.3, 0.4) is 0 Å². The van der Waals surface area contributed by atoms with E-state index in [1.807, 2.05) is 13.0 Å². The normalized spacial score (nSPS) is 29.4. The molecule has 3 nitrogen and oxygen atoms in total. The van der Waals surface area contributed by atoms with Gasteiger partial charge in [0.05, 0.1) is 6.04 Å². The Morgan fingerprint density at radius 3 is 3.00 bits per heavy atom. The molecule has 2 N–H and O–H groups in total. The molecule has 0 aromatic heterocycles. The lowest BCUT2D eigenvalue weighted by Crippen LogP contribution is -2.36. The van der Waals surface area contributed by atoms with Crippen LogP contribution in [-0.4, -0.2) is 17.6 Å². The van der Waals surface area contributed by atoms with Crippen molar-refractivity contribution in [1.82, 2.24) is 5.32 Å². The van der Waals surface area contributed by atoms with Crippen LogP contribution in [0.5, 0.6) is 0 Å². The van der Waals surface area contributed by atoms with Crippen molar-refractivity contribution in [3.05, 3.63) is 24.0 Å². The van der Waals surface area contributed by atoms with Crippen LogP contribution in [0.1, 0.15) is 6.92 Å². The Bertz CT molecular complexity index is 208. The molecule has 11 heavy (non-hydrogen) atoms. The minimum Gasteiger partial charge on any atom is -0.510 e. The molecule has 1 aliphatic rings. The molecule has 1 aliphatic carbocycles. The predicted octanol–water partition coefficient (Wildman–Crippen LogP) is 0.749.